The SMILES string of the molecule is COCC(O)COc1ccc([N+](=O)[O-])cc1C=O. The number of hydrogen-bond acceptors (Lipinski definition) is 6. The van der Waals surface area contributed by atoms with Crippen molar-refractivity contribution in [2.24, 2.45) is 0 Å². The van der Waals surface area contributed by atoms with Crippen LogP contribution in [0.3, 0.4) is 0 Å². The van der Waals surface area contributed by atoms with Gasteiger partial charge in [-0.05, 0) is 6.07 Å². The number of methoxy groups -OCH3 is 1. The summed E-state index contributed by atoms with van der Waals surface area (Å²) in [6.45, 7) is 0.0376. The summed E-state index contributed by atoms with van der Waals surface area (Å²) in [7, 11) is 1.44. The predicted octanol–water partition coefficient (Wildman–Crippen LogP) is 0.793. The third-order valence-corrected chi connectivity index (χ3v) is 2.12. The lowest BCUT2D eigenvalue weighted by Crippen LogP contribution is -2.22. The second-order valence-corrected chi connectivity index (χ2v) is 3.52. The van der Waals surface area contributed by atoms with E-state index in [0.29, 0.717) is 6.29 Å². The van der Waals surface area contributed by atoms with Crippen molar-refractivity contribution in [3.63, 3.8) is 0 Å². The van der Waals surface area contributed by atoms with Gasteiger partial charge in [0.2, 0.25) is 0 Å². The lowest BCUT2D eigenvalue weighted by Gasteiger charge is -2.12. The van der Waals surface area contributed by atoms with E-state index in [4.69, 9.17) is 9.47 Å². The number of nitro benzene ring substituents is 1. The second-order valence-electron chi connectivity index (χ2n) is 3.52. The van der Waals surface area contributed by atoms with Crippen LogP contribution in [0.2, 0.25) is 0 Å². The molecule has 1 atom stereocenters. The van der Waals surface area contributed by atoms with Gasteiger partial charge in [0, 0.05) is 19.2 Å². The molecule has 98 valence electrons. The molecule has 0 saturated carbocycles. The molecule has 1 rings (SSSR count). The largest absolute Gasteiger partial charge is 0.490 e. The Hall–Kier alpha value is -1.99. The Morgan fingerprint density at radius 1 is 1.50 bits per heavy atom. The summed E-state index contributed by atoms with van der Waals surface area (Å²) in [6, 6.07) is 3.66. The van der Waals surface area contributed by atoms with Crippen molar-refractivity contribution < 1.29 is 24.3 Å². The average Bonchev–Trinajstić information content (AvgIpc) is 2.36. The molecule has 7 nitrogen and oxygen atoms in total. The molecule has 0 spiro atoms. The van der Waals surface area contributed by atoms with Crippen LogP contribution < -0.4 is 4.74 Å². The molecule has 18 heavy (non-hydrogen) atoms. The van der Waals surface area contributed by atoms with E-state index in [-0.39, 0.29) is 30.2 Å². The van der Waals surface area contributed by atoms with Gasteiger partial charge >= 0.3 is 0 Å². The van der Waals surface area contributed by atoms with Crippen molar-refractivity contribution in [1.82, 2.24) is 0 Å². The van der Waals surface area contributed by atoms with Gasteiger partial charge in [-0.25, -0.2) is 0 Å². The fourth-order valence-corrected chi connectivity index (χ4v) is 1.30. The van der Waals surface area contributed by atoms with Gasteiger partial charge in [-0.3, -0.25) is 14.9 Å². The Balaban J connectivity index is 2.77. The first-order chi connectivity index (χ1) is 8.58. The van der Waals surface area contributed by atoms with Gasteiger partial charge in [0.1, 0.15) is 18.5 Å². The lowest BCUT2D eigenvalue weighted by molar-refractivity contribution is -0.384. The number of nitrogens with zero attached hydrogens (tertiary/aromatic N) is 1. The number of rotatable bonds is 7. The molecule has 0 aliphatic heterocycles. The molecule has 7 heteroatoms. The van der Waals surface area contributed by atoms with Crippen LogP contribution in [0.4, 0.5) is 5.69 Å². The minimum atomic E-state index is -0.829. The summed E-state index contributed by atoms with van der Waals surface area (Å²) in [5.74, 6) is 0.186. The molecule has 1 N–H and O–H groups in total. The van der Waals surface area contributed by atoms with E-state index in [1.165, 1.54) is 19.2 Å². The third kappa shape index (κ3) is 3.79. The van der Waals surface area contributed by atoms with E-state index >= 15 is 0 Å². The minimum absolute atomic E-state index is 0.0630. The number of nitro groups is 1. The van der Waals surface area contributed by atoms with Gasteiger partial charge in [-0.15, -0.1) is 0 Å². The van der Waals surface area contributed by atoms with Crippen LogP contribution in [0.1, 0.15) is 10.4 Å². The Bertz CT molecular complexity index is 434. The van der Waals surface area contributed by atoms with Crippen LogP contribution in [0.5, 0.6) is 5.75 Å². The fraction of sp³-hybridized carbons (Fsp3) is 0.364. The summed E-state index contributed by atoms with van der Waals surface area (Å²) < 4.78 is 9.90. The summed E-state index contributed by atoms with van der Waals surface area (Å²) in [5, 5.41) is 19.9. The number of aliphatic hydroxyl groups is 1. The van der Waals surface area contributed by atoms with Crippen molar-refractivity contribution in [2.45, 2.75) is 6.10 Å². The number of carbonyl (C=O) groups is 1. The van der Waals surface area contributed by atoms with Crippen LogP contribution >= 0.6 is 0 Å². The quantitative estimate of drug-likeness (QED) is 0.439. The third-order valence-electron chi connectivity index (χ3n) is 2.12. The van der Waals surface area contributed by atoms with Gasteiger partial charge in [0.05, 0.1) is 17.1 Å². The molecule has 0 aliphatic carbocycles. The molecule has 0 amide bonds. The van der Waals surface area contributed by atoms with Crippen LogP contribution in [-0.4, -0.2) is 42.7 Å². The van der Waals surface area contributed by atoms with E-state index in [2.05, 4.69) is 0 Å². The standard InChI is InChI=1S/C11H13NO6/c1-17-6-10(14)7-18-11-3-2-9(12(15)16)4-8(11)5-13/h2-5,10,14H,6-7H2,1H3. The first-order valence-electron chi connectivity index (χ1n) is 5.12. The van der Waals surface area contributed by atoms with Gasteiger partial charge < -0.3 is 14.6 Å². The Morgan fingerprint density at radius 2 is 2.22 bits per heavy atom. The normalized spacial score (nSPS) is 11.9. The lowest BCUT2D eigenvalue weighted by atomic mass is 10.2. The maximum absolute atomic E-state index is 10.8. The Labute approximate surface area is 103 Å². The Morgan fingerprint density at radius 3 is 2.78 bits per heavy atom. The summed E-state index contributed by atoms with van der Waals surface area (Å²) >= 11 is 0. The highest BCUT2D eigenvalue weighted by Gasteiger charge is 2.12. The zero-order valence-electron chi connectivity index (χ0n) is 9.74. The predicted molar refractivity (Wildman–Crippen MR) is 61.9 cm³/mol. The minimum Gasteiger partial charge on any atom is -0.490 e. The zero-order chi connectivity index (χ0) is 13.5. The van der Waals surface area contributed by atoms with Crippen molar-refractivity contribution in [3.8, 4) is 5.75 Å². The molecular formula is C11H13NO6. The Kier molecular flexibility index (Phi) is 5.22. The van der Waals surface area contributed by atoms with Crippen LogP contribution in [0.15, 0.2) is 18.2 Å². The zero-order valence-corrected chi connectivity index (χ0v) is 9.74. The topological polar surface area (TPSA) is 98.9 Å². The number of hydrogen-bond donors (Lipinski definition) is 1. The number of carbonyl (C=O) groups excluding carboxylic acids is 1. The number of ether oxygens (including phenoxy) is 2. The molecule has 1 unspecified atom stereocenters. The summed E-state index contributed by atoms with van der Waals surface area (Å²) in [6.07, 6.45) is -0.366. The van der Waals surface area contributed by atoms with Crippen molar-refractivity contribution in [2.75, 3.05) is 20.3 Å². The highest BCUT2D eigenvalue weighted by molar-refractivity contribution is 5.80. The monoisotopic (exact) mass is 255 g/mol. The van der Waals surface area contributed by atoms with Crippen LogP contribution in [0, 0.1) is 10.1 Å². The molecule has 0 aromatic heterocycles. The highest BCUT2D eigenvalue weighted by atomic mass is 16.6. The van der Waals surface area contributed by atoms with E-state index in [1.54, 1.807) is 0 Å². The summed E-state index contributed by atoms with van der Waals surface area (Å²) in [4.78, 5) is 20.7. The second kappa shape index (κ2) is 6.67. The average molecular weight is 255 g/mol. The van der Waals surface area contributed by atoms with Gasteiger partial charge in [-0.1, -0.05) is 0 Å². The van der Waals surface area contributed by atoms with Crippen LogP contribution in [-0.2, 0) is 4.74 Å². The van der Waals surface area contributed by atoms with Crippen molar-refractivity contribution in [1.29, 1.82) is 0 Å². The molecule has 1 aromatic carbocycles. The molecule has 0 fully saturated rings. The van der Waals surface area contributed by atoms with Gasteiger partial charge in [0.15, 0.2) is 6.29 Å². The molecule has 1 aromatic rings. The van der Waals surface area contributed by atoms with E-state index in [1.807, 2.05) is 0 Å². The number of benzene rings is 1. The molecule has 0 saturated heterocycles. The van der Waals surface area contributed by atoms with E-state index in [9.17, 15) is 20.0 Å². The highest BCUT2D eigenvalue weighted by Crippen LogP contribution is 2.22. The summed E-state index contributed by atoms with van der Waals surface area (Å²) in [5.41, 5.74) is -0.129. The fourth-order valence-electron chi connectivity index (χ4n) is 1.30. The molecule has 0 radical (unpaired) electrons. The van der Waals surface area contributed by atoms with Crippen molar-refractivity contribution >= 4 is 12.0 Å². The molecular weight excluding hydrogens is 242 g/mol. The molecule has 0 heterocycles. The maximum Gasteiger partial charge on any atom is 0.270 e. The molecule has 0 aliphatic rings. The maximum atomic E-state index is 10.8. The van der Waals surface area contributed by atoms with Crippen LogP contribution in [0.25, 0.3) is 0 Å². The van der Waals surface area contributed by atoms with Gasteiger partial charge in [-0.2, -0.15) is 0 Å². The molecule has 0 bridgehead atoms. The van der Waals surface area contributed by atoms with E-state index < -0.39 is 11.0 Å². The first kappa shape index (κ1) is 14.1. The van der Waals surface area contributed by atoms with E-state index in [0.717, 1.165) is 6.07 Å². The van der Waals surface area contributed by atoms with Gasteiger partial charge in [0.25, 0.3) is 5.69 Å². The number of non-ortho nitro benzene ring substituents is 1. The number of aldehydes is 1. The van der Waals surface area contributed by atoms with Crippen molar-refractivity contribution in [3.05, 3.63) is 33.9 Å². The number of aliphatic hydroxyl groups excluding tert-OH is 1. The smallest absolute Gasteiger partial charge is 0.270 e. The first-order valence-corrected chi connectivity index (χ1v) is 5.12.